The molecule has 0 aliphatic rings. The Hall–Kier alpha value is -0.490. The third-order valence-corrected chi connectivity index (χ3v) is 5.05. The Bertz CT molecular complexity index is 327. The second-order valence-corrected chi connectivity index (χ2v) is 6.02. The average molecular weight is 281 g/mol. The number of hydrogen-bond acceptors (Lipinski definition) is 0. The summed E-state index contributed by atoms with van der Waals surface area (Å²) in [6.45, 7) is 6.88. The van der Waals surface area contributed by atoms with Gasteiger partial charge in [-0.2, -0.15) is 0 Å². The molecule has 0 aromatic heterocycles. The molecular formula is C18H29Cl. The van der Waals surface area contributed by atoms with Gasteiger partial charge in [-0.1, -0.05) is 76.8 Å². The van der Waals surface area contributed by atoms with Crippen LogP contribution in [0.25, 0.3) is 0 Å². The van der Waals surface area contributed by atoms with Crippen LogP contribution >= 0.6 is 11.6 Å². The van der Waals surface area contributed by atoms with Crippen LogP contribution < -0.4 is 0 Å². The topological polar surface area (TPSA) is 0 Å². The maximum atomic E-state index is 6.39. The fourth-order valence-corrected chi connectivity index (χ4v) is 3.43. The van der Waals surface area contributed by atoms with Crippen molar-refractivity contribution in [3.8, 4) is 0 Å². The molecule has 19 heavy (non-hydrogen) atoms. The smallest absolute Gasteiger partial charge is 0.0320 e. The van der Waals surface area contributed by atoms with Crippen molar-refractivity contribution in [1.82, 2.24) is 0 Å². The van der Waals surface area contributed by atoms with Gasteiger partial charge >= 0.3 is 0 Å². The average Bonchev–Trinajstić information content (AvgIpc) is 2.49. The molecule has 108 valence electrons. The molecule has 0 nitrogen and oxygen atoms in total. The van der Waals surface area contributed by atoms with Gasteiger partial charge in [-0.3, -0.25) is 0 Å². The zero-order chi connectivity index (χ0) is 14.1. The van der Waals surface area contributed by atoms with E-state index in [0.717, 1.165) is 18.2 Å². The minimum atomic E-state index is 0.164. The third-order valence-electron chi connectivity index (χ3n) is 4.54. The lowest BCUT2D eigenvalue weighted by atomic mass is 9.72. The maximum absolute atomic E-state index is 6.39. The molecule has 0 spiro atoms. The summed E-state index contributed by atoms with van der Waals surface area (Å²) in [6, 6.07) is 10.9. The normalized spacial score (nSPS) is 16.0. The highest BCUT2D eigenvalue weighted by atomic mass is 35.5. The quantitative estimate of drug-likeness (QED) is 0.474. The van der Waals surface area contributed by atoms with E-state index in [4.69, 9.17) is 11.6 Å². The van der Waals surface area contributed by atoms with E-state index < -0.39 is 0 Å². The van der Waals surface area contributed by atoms with Crippen molar-refractivity contribution in [2.24, 2.45) is 5.92 Å². The van der Waals surface area contributed by atoms with Crippen LogP contribution in [0, 0.1) is 5.92 Å². The van der Waals surface area contributed by atoms with E-state index >= 15 is 0 Å². The lowest BCUT2D eigenvalue weighted by molar-refractivity contribution is 0.304. The van der Waals surface area contributed by atoms with Crippen LogP contribution in [0.5, 0.6) is 0 Å². The summed E-state index contributed by atoms with van der Waals surface area (Å²) >= 11 is 6.39. The number of alkyl halides is 1. The fourth-order valence-electron chi connectivity index (χ4n) is 2.98. The zero-order valence-corrected chi connectivity index (χ0v) is 13.5. The summed E-state index contributed by atoms with van der Waals surface area (Å²) < 4.78 is 0. The standard InChI is InChI=1S/C18H29Cl/c1-4-7-11-16(5-2)14-18(6-3,15-19)17-12-9-8-10-13-17/h8-10,12-13,16H,4-7,11,14-15H2,1-3H3. The molecule has 0 aliphatic carbocycles. The van der Waals surface area contributed by atoms with Crippen molar-refractivity contribution in [1.29, 1.82) is 0 Å². The molecule has 1 aromatic rings. The van der Waals surface area contributed by atoms with E-state index in [1.807, 2.05) is 0 Å². The molecule has 0 saturated carbocycles. The van der Waals surface area contributed by atoms with E-state index in [0.29, 0.717) is 0 Å². The van der Waals surface area contributed by atoms with Crippen molar-refractivity contribution >= 4 is 11.6 Å². The SMILES string of the molecule is CCCCC(CC)CC(CC)(CCl)c1ccccc1. The lowest BCUT2D eigenvalue weighted by Crippen LogP contribution is -2.30. The summed E-state index contributed by atoms with van der Waals surface area (Å²) in [7, 11) is 0. The van der Waals surface area contributed by atoms with Crippen molar-refractivity contribution in [3.05, 3.63) is 35.9 Å². The summed E-state index contributed by atoms with van der Waals surface area (Å²) in [5.41, 5.74) is 1.58. The van der Waals surface area contributed by atoms with Crippen LogP contribution in [0.4, 0.5) is 0 Å². The minimum absolute atomic E-state index is 0.164. The molecule has 0 N–H and O–H groups in total. The summed E-state index contributed by atoms with van der Waals surface area (Å²) in [5, 5.41) is 0. The Morgan fingerprint density at radius 2 is 1.79 bits per heavy atom. The van der Waals surface area contributed by atoms with Gasteiger partial charge < -0.3 is 0 Å². The predicted molar refractivity (Wildman–Crippen MR) is 87.1 cm³/mol. The Morgan fingerprint density at radius 3 is 2.26 bits per heavy atom. The molecule has 2 unspecified atom stereocenters. The van der Waals surface area contributed by atoms with Gasteiger partial charge in [0.2, 0.25) is 0 Å². The van der Waals surface area contributed by atoms with E-state index in [-0.39, 0.29) is 5.41 Å². The molecule has 0 radical (unpaired) electrons. The van der Waals surface area contributed by atoms with Gasteiger partial charge in [-0.25, -0.2) is 0 Å². The molecule has 0 aliphatic heterocycles. The lowest BCUT2D eigenvalue weighted by Gasteiger charge is -2.35. The van der Waals surface area contributed by atoms with Crippen molar-refractivity contribution in [2.45, 2.75) is 64.7 Å². The first-order valence-electron chi connectivity index (χ1n) is 7.83. The molecule has 1 rings (SSSR count). The minimum Gasteiger partial charge on any atom is -0.126 e. The first-order chi connectivity index (χ1) is 9.22. The van der Waals surface area contributed by atoms with Crippen molar-refractivity contribution in [2.75, 3.05) is 5.88 Å². The third kappa shape index (κ3) is 4.53. The van der Waals surface area contributed by atoms with E-state index in [1.54, 1.807) is 0 Å². The molecule has 0 amide bonds. The number of benzene rings is 1. The zero-order valence-electron chi connectivity index (χ0n) is 12.8. The Kier molecular flexibility index (Phi) is 7.53. The van der Waals surface area contributed by atoms with Crippen LogP contribution in [-0.2, 0) is 5.41 Å². The fraction of sp³-hybridized carbons (Fsp3) is 0.667. The van der Waals surface area contributed by atoms with Crippen molar-refractivity contribution in [3.63, 3.8) is 0 Å². The summed E-state index contributed by atoms with van der Waals surface area (Å²) in [5.74, 6) is 1.54. The molecular weight excluding hydrogens is 252 g/mol. The maximum Gasteiger partial charge on any atom is 0.0320 e. The molecule has 0 saturated heterocycles. The molecule has 0 heterocycles. The first-order valence-corrected chi connectivity index (χ1v) is 8.37. The predicted octanol–water partition coefficient (Wildman–Crippen LogP) is 6.18. The monoisotopic (exact) mass is 280 g/mol. The second kappa shape index (κ2) is 8.64. The summed E-state index contributed by atoms with van der Waals surface area (Å²) in [4.78, 5) is 0. The molecule has 0 fully saturated rings. The number of hydrogen-bond donors (Lipinski definition) is 0. The van der Waals surface area contributed by atoms with Gasteiger partial charge in [0.05, 0.1) is 0 Å². The number of unbranched alkanes of at least 4 members (excludes halogenated alkanes) is 1. The van der Waals surface area contributed by atoms with E-state index in [2.05, 4.69) is 51.1 Å². The van der Waals surface area contributed by atoms with Crippen LogP contribution in [-0.4, -0.2) is 5.88 Å². The number of rotatable bonds is 9. The van der Waals surface area contributed by atoms with E-state index in [1.165, 1.54) is 37.7 Å². The highest BCUT2D eigenvalue weighted by Crippen LogP contribution is 2.38. The Labute approximate surface area is 124 Å². The van der Waals surface area contributed by atoms with E-state index in [9.17, 15) is 0 Å². The van der Waals surface area contributed by atoms with Crippen LogP contribution in [0.15, 0.2) is 30.3 Å². The first kappa shape index (κ1) is 16.6. The Balaban J connectivity index is 2.87. The molecule has 2 atom stereocenters. The Morgan fingerprint density at radius 1 is 1.11 bits per heavy atom. The van der Waals surface area contributed by atoms with Crippen LogP contribution in [0.2, 0.25) is 0 Å². The van der Waals surface area contributed by atoms with Gasteiger partial charge in [0.1, 0.15) is 0 Å². The van der Waals surface area contributed by atoms with Crippen LogP contribution in [0.1, 0.15) is 64.9 Å². The highest BCUT2D eigenvalue weighted by molar-refractivity contribution is 6.18. The van der Waals surface area contributed by atoms with Gasteiger partial charge in [0.25, 0.3) is 0 Å². The molecule has 0 bridgehead atoms. The number of halogens is 1. The van der Waals surface area contributed by atoms with Gasteiger partial charge in [-0.15, -0.1) is 11.6 Å². The second-order valence-electron chi connectivity index (χ2n) is 5.75. The largest absolute Gasteiger partial charge is 0.126 e. The van der Waals surface area contributed by atoms with Gasteiger partial charge in [0.15, 0.2) is 0 Å². The van der Waals surface area contributed by atoms with Gasteiger partial charge in [-0.05, 0) is 24.3 Å². The highest BCUT2D eigenvalue weighted by Gasteiger charge is 2.31. The van der Waals surface area contributed by atoms with Crippen LogP contribution in [0.3, 0.4) is 0 Å². The molecule has 1 heteroatoms. The summed E-state index contributed by atoms with van der Waals surface area (Å²) in [6.07, 6.45) is 7.61. The van der Waals surface area contributed by atoms with Gasteiger partial charge in [0, 0.05) is 11.3 Å². The molecule has 1 aromatic carbocycles. The van der Waals surface area contributed by atoms with Crippen molar-refractivity contribution < 1.29 is 0 Å².